The van der Waals surface area contributed by atoms with E-state index in [2.05, 4.69) is 10.5 Å². The summed E-state index contributed by atoms with van der Waals surface area (Å²) in [7, 11) is 0. The van der Waals surface area contributed by atoms with Gasteiger partial charge >= 0.3 is 0 Å². The molecule has 5 nitrogen and oxygen atoms in total. The van der Waals surface area contributed by atoms with E-state index in [0.29, 0.717) is 0 Å². The first-order chi connectivity index (χ1) is 12.2. The summed E-state index contributed by atoms with van der Waals surface area (Å²) in [6.45, 7) is -0.213. The van der Waals surface area contributed by atoms with Crippen molar-refractivity contribution in [3.63, 3.8) is 0 Å². The summed E-state index contributed by atoms with van der Waals surface area (Å²) in [5.74, 6) is -0.0430. The minimum atomic E-state index is -0.300. The Hall–Kier alpha value is -3.12. The maximum absolute atomic E-state index is 12.1. The maximum atomic E-state index is 12.1. The number of carbonyl (C=O) groups excluding carboxylic acids is 1. The number of nitrogens with one attached hydrogen (secondary N) is 1. The molecule has 3 aromatic rings. The Morgan fingerprint density at radius 3 is 2.56 bits per heavy atom. The number of nitrogens with zero attached hydrogens (tertiary/aromatic N) is 1. The lowest BCUT2D eigenvalue weighted by Crippen LogP contribution is -2.19. The van der Waals surface area contributed by atoms with Crippen LogP contribution in [0.25, 0.3) is 11.1 Å². The summed E-state index contributed by atoms with van der Waals surface area (Å²) in [6, 6.07) is 21.2. The summed E-state index contributed by atoms with van der Waals surface area (Å²) < 4.78 is 0. The number of thiophene rings is 1. The fourth-order valence-corrected chi connectivity index (χ4v) is 2.90. The number of amidine groups is 1. The van der Waals surface area contributed by atoms with Crippen molar-refractivity contribution in [3.8, 4) is 11.1 Å². The van der Waals surface area contributed by atoms with Crippen LogP contribution in [-0.2, 0) is 9.63 Å². The number of oxime groups is 1. The zero-order valence-electron chi connectivity index (χ0n) is 13.4. The molecule has 0 radical (unpaired) electrons. The van der Waals surface area contributed by atoms with Crippen molar-refractivity contribution in [1.29, 1.82) is 0 Å². The van der Waals surface area contributed by atoms with Crippen LogP contribution in [0, 0.1) is 0 Å². The van der Waals surface area contributed by atoms with Crippen LogP contribution in [0.4, 0.5) is 5.69 Å². The van der Waals surface area contributed by atoms with Crippen molar-refractivity contribution >= 4 is 28.8 Å². The van der Waals surface area contributed by atoms with Gasteiger partial charge in [-0.2, -0.15) is 0 Å². The lowest BCUT2D eigenvalue weighted by molar-refractivity contribution is -0.120. The van der Waals surface area contributed by atoms with Gasteiger partial charge in [-0.15, -0.1) is 11.3 Å². The van der Waals surface area contributed by atoms with E-state index in [0.717, 1.165) is 21.7 Å². The van der Waals surface area contributed by atoms with Gasteiger partial charge in [0.15, 0.2) is 12.4 Å². The molecule has 6 heteroatoms. The van der Waals surface area contributed by atoms with E-state index in [1.54, 1.807) is 0 Å². The predicted octanol–water partition coefficient (Wildman–Crippen LogP) is 3.69. The van der Waals surface area contributed by atoms with E-state index in [1.165, 1.54) is 11.3 Å². The third kappa shape index (κ3) is 4.45. The highest BCUT2D eigenvalue weighted by molar-refractivity contribution is 7.12. The summed E-state index contributed by atoms with van der Waals surface area (Å²) in [4.78, 5) is 18.0. The van der Waals surface area contributed by atoms with E-state index in [9.17, 15) is 4.79 Å². The molecule has 126 valence electrons. The Bertz CT molecular complexity index is 861. The number of rotatable bonds is 6. The molecule has 0 bridgehead atoms. The Morgan fingerprint density at radius 2 is 1.80 bits per heavy atom. The van der Waals surface area contributed by atoms with Gasteiger partial charge in [0.05, 0.1) is 4.88 Å². The molecule has 0 fully saturated rings. The van der Waals surface area contributed by atoms with E-state index in [4.69, 9.17) is 10.6 Å². The lowest BCUT2D eigenvalue weighted by Gasteiger charge is -2.11. The van der Waals surface area contributed by atoms with Crippen LogP contribution in [0.5, 0.6) is 0 Å². The fraction of sp³-hybridized carbons (Fsp3) is 0.0526. The predicted molar refractivity (Wildman–Crippen MR) is 102 cm³/mol. The standard InChI is InChI=1S/C19H17N3O2S/c20-19(17-11-6-12-25-17)22-24-13-18(23)21-16-10-5-4-9-15(16)14-7-2-1-3-8-14/h1-12H,13H2,(H2,20,22)(H,21,23). The molecule has 25 heavy (non-hydrogen) atoms. The van der Waals surface area contributed by atoms with Crippen LogP contribution in [0.2, 0.25) is 0 Å². The van der Waals surface area contributed by atoms with Gasteiger partial charge in [0.2, 0.25) is 0 Å². The molecular formula is C19H17N3O2S. The fourth-order valence-electron chi connectivity index (χ4n) is 2.28. The normalized spacial score (nSPS) is 11.1. The lowest BCUT2D eigenvalue weighted by atomic mass is 10.0. The van der Waals surface area contributed by atoms with Crippen molar-refractivity contribution in [3.05, 3.63) is 77.0 Å². The van der Waals surface area contributed by atoms with Crippen LogP contribution in [0.3, 0.4) is 0 Å². The molecule has 0 aliphatic heterocycles. The molecule has 1 heterocycles. The van der Waals surface area contributed by atoms with Gasteiger partial charge in [-0.25, -0.2) is 0 Å². The van der Waals surface area contributed by atoms with Gasteiger partial charge in [0, 0.05) is 11.3 Å². The first-order valence-electron chi connectivity index (χ1n) is 7.67. The van der Waals surface area contributed by atoms with Gasteiger partial charge in [-0.3, -0.25) is 4.79 Å². The summed E-state index contributed by atoms with van der Waals surface area (Å²) in [6.07, 6.45) is 0. The van der Waals surface area contributed by atoms with Crippen molar-refractivity contribution in [1.82, 2.24) is 0 Å². The van der Waals surface area contributed by atoms with Crippen molar-refractivity contribution in [2.45, 2.75) is 0 Å². The van der Waals surface area contributed by atoms with E-state index >= 15 is 0 Å². The zero-order chi connectivity index (χ0) is 17.5. The molecule has 0 aliphatic rings. The molecule has 3 rings (SSSR count). The van der Waals surface area contributed by atoms with Gasteiger partial charge in [-0.1, -0.05) is 59.8 Å². The van der Waals surface area contributed by atoms with Crippen molar-refractivity contribution in [2.75, 3.05) is 11.9 Å². The highest BCUT2D eigenvalue weighted by Crippen LogP contribution is 2.27. The Morgan fingerprint density at radius 1 is 1.04 bits per heavy atom. The average molecular weight is 351 g/mol. The second kappa shape index (κ2) is 8.12. The highest BCUT2D eigenvalue weighted by atomic mass is 32.1. The molecule has 0 spiro atoms. The van der Waals surface area contributed by atoms with Crippen LogP contribution < -0.4 is 11.1 Å². The quantitative estimate of drug-likeness (QED) is 0.404. The number of anilines is 1. The molecule has 0 aliphatic carbocycles. The zero-order valence-corrected chi connectivity index (χ0v) is 14.2. The third-order valence-electron chi connectivity index (χ3n) is 3.42. The monoisotopic (exact) mass is 351 g/mol. The summed E-state index contributed by atoms with van der Waals surface area (Å²) in [5, 5.41) is 8.51. The van der Waals surface area contributed by atoms with E-state index in [-0.39, 0.29) is 18.3 Å². The number of para-hydroxylation sites is 1. The molecule has 3 N–H and O–H groups in total. The van der Waals surface area contributed by atoms with Gasteiger partial charge in [0.25, 0.3) is 5.91 Å². The molecule has 0 saturated heterocycles. The number of nitrogens with two attached hydrogens (primary N) is 1. The molecule has 1 aromatic heterocycles. The second-order valence-corrected chi connectivity index (χ2v) is 6.13. The number of hydrogen-bond acceptors (Lipinski definition) is 4. The molecule has 1 amide bonds. The molecule has 0 unspecified atom stereocenters. The first kappa shape index (κ1) is 16.7. The largest absolute Gasteiger partial charge is 0.384 e. The number of benzene rings is 2. The van der Waals surface area contributed by atoms with Crippen molar-refractivity contribution < 1.29 is 9.63 Å². The van der Waals surface area contributed by atoms with E-state index < -0.39 is 0 Å². The smallest absolute Gasteiger partial charge is 0.265 e. The summed E-state index contributed by atoms with van der Waals surface area (Å²) >= 11 is 1.46. The number of hydrogen-bond donors (Lipinski definition) is 2. The molecule has 0 atom stereocenters. The van der Waals surface area contributed by atoms with E-state index in [1.807, 2.05) is 72.1 Å². The first-order valence-corrected chi connectivity index (χ1v) is 8.55. The molecular weight excluding hydrogens is 334 g/mol. The van der Waals surface area contributed by atoms with Gasteiger partial charge in [0.1, 0.15) is 0 Å². The van der Waals surface area contributed by atoms with Crippen molar-refractivity contribution in [2.24, 2.45) is 10.9 Å². The topological polar surface area (TPSA) is 76.7 Å². The number of carbonyl (C=O) groups is 1. The Balaban J connectivity index is 1.63. The number of amides is 1. The summed E-state index contributed by atoms with van der Waals surface area (Å²) in [5.41, 5.74) is 8.47. The molecule has 2 aromatic carbocycles. The van der Waals surface area contributed by atoms with Crippen LogP contribution in [0.15, 0.2) is 77.3 Å². The minimum absolute atomic E-state index is 0.213. The highest BCUT2D eigenvalue weighted by Gasteiger charge is 2.09. The van der Waals surface area contributed by atoms with Crippen LogP contribution in [-0.4, -0.2) is 18.3 Å². The van der Waals surface area contributed by atoms with Gasteiger partial charge in [-0.05, 0) is 23.1 Å². The Labute approximate surface area is 149 Å². The average Bonchev–Trinajstić information content (AvgIpc) is 3.18. The van der Waals surface area contributed by atoms with Crippen LogP contribution >= 0.6 is 11.3 Å². The second-order valence-electron chi connectivity index (χ2n) is 5.19. The molecule has 0 saturated carbocycles. The maximum Gasteiger partial charge on any atom is 0.265 e. The SMILES string of the molecule is N/C(=N/OCC(=O)Nc1ccccc1-c1ccccc1)c1cccs1. The Kier molecular flexibility index (Phi) is 5.43. The van der Waals surface area contributed by atoms with Gasteiger partial charge < -0.3 is 15.9 Å². The minimum Gasteiger partial charge on any atom is -0.384 e. The third-order valence-corrected chi connectivity index (χ3v) is 4.31. The van der Waals surface area contributed by atoms with Crippen LogP contribution in [0.1, 0.15) is 4.88 Å².